The third-order valence-electron chi connectivity index (χ3n) is 3.02. The van der Waals surface area contributed by atoms with E-state index in [1.807, 2.05) is 75.5 Å². The lowest BCUT2D eigenvalue weighted by atomic mass is 10.3. The van der Waals surface area contributed by atoms with Gasteiger partial charge >= 0.3 is 7.60 Å². The molecule has 0 aliphatic rings. The van der Waals surface area contributed by atoms with Crippen LogP contribution in [0, 0.1) is 0 Å². The Hall–Kier alpha value is -1.46. The van der Waals surface area contributed by atoms with Crippen LogP contribution in [0.4, 0.5) is 5.69 Å². The highest BCUT2D eigenvalue weighted by Gasteiger charge is 2.35. The van der Waals surface area contributed by atoms with Crippen LogP contribution in [0.5, 0.6) is 0 Å². The average Bonchev–Trinajstić information content (AvgIpc) is 3.03. The van der Waals surface area contributed by atoms with Crippen molar-refractivity contribution in [3.8, 4) is 0 Å². The number of hydrogen-bond donors (Lipinski definition) is 1. The van der Waals surface area contributed by atoms with Crippen LogP contribution in [-0.4, -0.2) is 17.7 Å². The molecule has 0 aliphatic heterocycles. The Kier molecular flexibility index (Phi) is 7.38. The monoisotopic (exact) mass is 380 g/mol. The topological polar surface area (TPSA) is 59.9 Å². The van der Waals surface area contributed by atoms with Gasteiger partial charge < -0.3 is 9.05 Å². The van der Waals surface area contributed by atoms with Crippen molar-refractivity contribution in [2.45, 2.75) is 46.3 Å². The van der Waals surface area contributed by atoms with Crippen molar-refractivity contribution in [3.63, 3.8) is 0 Å². The van der Waals surface area contributed by atoms with Crippen LogP contribution in [0.1, 0.15) is 32.6 Å². The second-order valence-electron chi connectivity index (χ2n) is 6.07. The number of thiophene rings is 1. The molecule has 1 N–H and O–H groups in total. The molecular formula is C18H25N2O3PS. The number of para-hydroxylation sites is 1. The van der Waals surface area contributed by atoms with E-state index in [2.05, 4.69) is 10.5 Å². The molecule has 0 amide bonds. The van der Waals surface area contributed by atoms with Gasteiger partial charge in [0.15, 0.2) is 5.45 Å². The van der Waals surface area contributed by atoms with Crippen molar-refractivity contribution in [1.82, 2.24) is 0 Å². The molecule has 5 nitrogen and oxygen atoms in total. The number of nitrogens with zero attached hydrogens (tertiary/aromatic N) is 1. The molecule has 0 radical (unpaired) electrons. The molecule has 0 saturated carbocycles. The predicted octanol–water partition coefficient (Wildman–Crippen LogP) is 5.76. The third-order valence-corrected chi connectivity index (χ3v) is 6.18. The summed E-state index contributed by atoms with van der Waals surface area (Å²) < 4.78 is 24.9. The minimum absolute atomic E-state index is 0.241. The van der Waals surface area contributed by atoms with Crippen LogP contribution >= 0.6 is 18.9 Å². The molecule has 1 heterocycles. The summed E-state index contributed by atoms with van der Waals surface area (Å²) in [5, 5.41) is 6.39. The lowest BCUT2D eigenvalue weighted by molar-refractivity contribution is 0.152. The molecule has 0 fully saturated rings. The minimum Gasteiger partial charge on any atom is -0.302 e. The first-order valence-electron chi connectivity index (χ1n) is 8.26. The van der Waals surface area contributed by atoms with Crippen molar-refractivity contribution in [1.29, 1.82) is 0 Å². The van der Waals surface area contributed by atoms with Gasteiger partial charge in [0.2, 0.25) is 0 Å². The molecule has 0 spiro atoms. The molecule has 2 rings (SSSR count). The van der Waals surface area contributed by atoms with Gasteiger partial charge in [0.1, 0.15) is 0 Å². The van der Waals surface area contributed by atoms with Crippen LogP contribution in [0.15, 0.2) is 52.9 Å². The molecule has 0 unspecified atom stereocenters. The van der Waals surface area contributed by atoms with Gasteiger partial charge in [-0.3, -0.25) is 9.99 Å². The lowest BCUT2D eigenvalue weighted by Crippen LogP contribution is -2.17. The number of hydrazone groups is 1. The summed E-state index contributed by atoms with van der Waals surface area (Å²) in [6.07, 6.45) is -0.0708. The molecule has 1 aromatic carbocycles. The van der Waals surface area contributed by atoms with Crippen molar-refractivity contribution in [2.24, 2.45) is 5.10 Å². The molecule has 136 valence electrons. The summed E-state index contributed by atoms with van der Waals surface area (Å²) in [5.74, 6) is 0. The summed E-state index contributed by atoms with van der Waals surface area (Å²) in [4.78, 5) is 1.05. The van der Waals surface area contributed by atoms with E-state index in [9.17, 15) is 4.57 Å². The first-order chi connectivity index (χ1) is 11.9. The van der Waals surface area contributed by atoms with Crippen LogP contribution < -0.4 is 5.43 Å². The molecule has 1 aromatic heterocycles. The first-order valence-corrected chi connectivity index (χ1v) is 10.7. The van der Waals surface area contributed by atoms with E-state index in [0.29, 0.717) is 11.9 Å². The van der Waals surface area contributed by atoms with Crippen LogP contribution in [0.25, 0.3) is 0 Å². The zero-order valence-electron chi connectivity index (χ0n) is 15.0. The highest BCUT2D eigenvalue weighted by Crippen LogP contribution is 2.53. The highest BCUT2D eigenvalue weighted by atomic mass is 32.1. The number of hydrogen-bond acceptors (Lipinski definition) is 6. The van der Waals surface area contributed by atoms with Gasteiger partial charge in [-0.25, -0.2) is 0 Å². The van der Waals surface area contributed by atoms with Crippen molar-refractivity contribution in [2.75, 3.05) is 5.43 Å². The fourth-order valence-electron chi connectivity index (χ4n) is 2.11. The van der Waals surface area contributed by atoms with Crippen molar-refractivity contribution >= 4 is 30.1 Å². The largest absolute Gasteiger partial charge is 0.378 e. The van der Waals surface area contributed by atoms with E-state index in [-0.39, 0.29) is 12.2 Å². The van der Waals surface area contributed by atoms with Gasteiger partial charge in [-0.2, -0.15) is 5.10 Å². The smallest absolute Gasteiger partial charge is 0.302 e. The molecule has 0 atom stereocenters. The number of rotatable bonds is 9. The van der Waals surface area contributed by atoms with Crippen LogP contribution in [0.3, 0.4) is 0 Å². The van der Waals surface area contributed by atoms with E-state index in [1.165, 1.54) is 0 Å². The van der Waals surface area contributed by atoms with E-state index < -0.39 is 7.60 Å². The molecule has 0 bridgehead atoms. The molecule has 7 heteroatoms. The quantitative estimate of drug-likeness (QED) is 0.341. The van der Waals surface area contributed by atoms with Crippen LogP contribution in [-0.2, 0) is 20.0 Å². The maximum Gasteiger partial charge on any atom is 0.378 e. The zero-order valence-corrected chi connectivity index (χ0v) is 16.7. The Balaban J connectivity index is 2.34. The van der Waals surface area contributed by atoms with E-state index in [4.69, 9.17) is 9.05 Å². The maximum atomic E-state index is 13.5. The van der Waals surface area contributed by atoms with Gasteiger partial charge in [0.05, 0.1) is 17.9 Å². The fourth-order valence-corrected chi connectivity index (χ4v) is 4.87. The van der Waals surface area contributed by atoms with Crippen molar-refractivity contribution < 1.29 is 13.6 Å². The molecular weight excluding hydrogens is 355 g/mol. The lowest BCUT2D eigenvalue weighted by Gasteiger charge is -2.24. The van der Waals surface area contributed by atoms with Gasteiger partial charge in [0.25, 0.3) is 0 Å². The Morgan fingerprint density at radius 2 is 1.72 bits per heavy atom. The summed E-state index contributed by atoms with van der Waals surface area (Å²) in [5.41, 5.74) is 4.16. The number of nitrogens with one attached hydrogen (secondary N) is 1. The Bertz CT molecular complexity index is 701. The fraction of sp³-hybridized carbons (Fsp3) is 0.389. The number of benzene rings is 1. The minimum atomic E-state index is -3.53. The first kappa shape index (κ1) is 19.9. The summed E-state index contributed by atoms with van der Waals surface area (Å²) in [6, 6.07) is 13.5. The molecule has 0 aliphatic carbocycles. The summed E-state index contributed by atoms with van der Waals surface area (Å²) >= 11 is 1.59. The predicted molar refractivity (Wildman–Crippen MR) is 106 cm³/mol. The summed E-state index contributed by atoms with van der Waals surface area (Å²) in [7, 11) is -3.53. The van der Waals surface area contributed by atoms with Gasteiger partial charge in [0, 0.05) is 11.3 Å². The van der Waals surface area contributed by atoms with Gasteiger partial charge in [-0.15, -0.1) is 11.3 Å². The maximum absolute atomic E-state index is 13.5. The van der Waals surface area contributed by atoms with E-state index in [0.717, 1.165) is 10.6 Å². The average molecular weight is 380 g/mol. The Labute approximate surface area is 153 Å². The summed E-state index contributed by atoms with van der Waals surface area (Å²) in [6.45, 7) is 7.35. The molecule has 2 aromatic rings. The SMILES string of the molecule is CC(C)OP(=O)(OC(C)C)/C(Cc1cccs1)=N\Nc1ccccc1. The van der Waals surface area contributed by atoms with E-state index in [1.54, 1.807) is 11.3 Å². The normalized spacial score (nSPS) is 12.8. The molecule has 0 saturated heterocycles. The number of anilines is 1. The Morgan fingerprint density at radius 3 is 2.24 bits per heavy atom. The van der Waals surface area contributed by atoms with Gasteiger partial charge in [-0.05, 0) is 51.3 Å². The Morgan fingerprint density at radius 1 is 1.08 bits per heavy atom. The third kappa shape index (κ3) is 6.40. The van der Waals surface area contributed by atoms with Crippen LogP contribution in [0.2, 0.25) is 0 Å². The molecule has 25 heavy (non-hydrogen) atoms. The second kappa shape index (κ2) is 9.30. The van der Waals surface area contributed by atoms with Crippen molar-refractivity contribution in [3.05, 3.63) is 52.7 Å². The standard InChI is InChI=1S/C18H25N2O3PS/c1-14(2)22-24(21,23-15(3)4)18(13-17-11-8-12-25-17)20-19-16-9-6-5-7-10-16/h5-12,14-15,19H,13H2,1-4H3/b20-18-. The van der Waals surface area contributed by atoms with Gasteiger partial charge in [-0.1, -0.05) is 24.3 Å². The zero-order chi connectivity index (χ0) is 18.3. The van der Waals surface area contributed by atoms with E-state index >= 15 is 0 Å². The highest BCUT2D eigenvalue weighted by molar-refractivity contribution is 7.72. The second-order valence-corrected chi connectivity index (χ2v) is 9.03.